The third-order valence-electron chi connectivity index (χ3n) is 2.86. The van der Waals surface area contributed by atoms with E-state index < -0.39 is 0 Å². The quantitative estimate of drug-likeness (QED) is 0.753. The third kappa shape index (κ3) is 3.35. The molecule has 0 bridgehead atoms. The summed E-state index contributed by atoms with van der Waals surface area (Å²) >= 11 is 0. The minimum Gasteiger partial charge on any atom is -0.439 e. The normalized spacial score (nSPS) is 11.9. The Labute approximate surface area is 125 Å². The summed E-state index contributed by atoms with van der Waals surface area (Å²) in [6.07, 6.45) is 3.00. The van der Waals surface area contributed by atoms with Gasteiger partial charge in [0.2, 0.25) is 11.8 Å². The van der Waals surface area contributed by atoms with Crippen LogP contribution in [0.1, 0.15) is 18.8 Å². The number of ether oxygens (including phenoxy) is 1. The molecule has 0 aliphatic heterocycles. The standard InChI is InChI=1S/C14H13FN6O/c1-9(13-17-8-18-21-13)19-14-16-7-6-12(20-14)22-11-4-2-10(15)3-5-11/h2-9H,1H3,(H,16,19,20)(H,17,18,21). The van der Waals surface area contributed by atoms with Gasteiger partial charge >= 0.3 is 0 Å². The van der Waals surface area contributed by atoms with Crippen LogP contribution in [0.4, 0.5) is 10.3 Å². The van der Waals surface area contributed by atoms with Crippen molar-refractivity contribution in [3.05, 3.63) is 54.5 Å². The lowest BCUT2D eigenvalue weighted by Crippen LogP contribution is -2.11. The van der Waals surface area contributed by atoms with Crippen LogP contribution < -0.4 is 10.1 Å². The lowest BCUT2D eigenvalue weighted by atomic mass is 10.3. The number of nitrogens with one attached hydrogen (secondary N) is 2. The molecule has 0 fully saturated rings. The van der Waals surface area contributed by atoms with Crippen LogP contribution in [-0.4, -0.2) is 25.1 Å². The molecule has 0 spiro atoms. The van der Waals surface area contributed by atoms with E-state index in [2.05, 4.69) is 30.5 Å². The Morgan fingerprint density at radius 2 is 2.00 bits per heavy atom. The van der Waals surface area contributed by atoms with Crippen LogP contribution in [0.3, 0.4) is 0 Å². The lowest BCUT2D eigenvalue weighted by Gasteiger charge is -2.11. The van der Waals surface area contributed by atoms with Crippen molar-refractivity contribution in [2.75, 3.05) is 5.32 Å². The van der Waals surface area contributed by atoms with E-state index in [1.165, 1.54) is 30.6 Å². The van der Waals surface area contributed by atoms with Crippen LogP contribution in [-0.2, 0) is 0 Å². The number of nitrogens with zero attached hydrogens (tertiary/aromatic N) is 4. The molecular weight excluding hydrogens is 287 g/mol. The average molecular weight is 300 g/mol. The van der Waals surface area contributed by atoms with Gasteiger partial charge in [-0.1, -0.05) is 0 Å². The Kier molecular flexibility index (Phi) is 3.90. The van der Waals surface area contributed by atoms with Gasteiger partial charge in [-0.2, -0.15) is 10.1 Å². The van der Waals surface area contributed by atoms with Crippen molar-refractivity contribution in [1.82, 2.24) is 25.1 Å². The second-order valence-electron chi connectivity index (χ2n) is 4.51. The molecule has 1 atom stereocenters. The molecule has 0 amide bonds. The van der Waals surface area contributed by atoms with E-state index in [0.29, 0.717) is 23.4 Å². The Bertz CT molecular complexity index is 731. The number of rotatable bonds is 5. The Morgan fingerprint density at radius 1 is 1.18 bits per heavy atom. The highest BCUT2D eigenvalue weighted by molar-refractivity contribution is 5.32. The lowest BCUT2D eigenvalue weighted by molar-refractivity contribution is 0.460. The molecule has 0 aliphatic carbocycles. The van der Waals surface area contributed by atoms with E-state index in [1.54, 1.807) is 12.3 Å². The van der Waals surface area contributed by atoms with Crippen LogP contribution in [0.15, 0.2) is 42.9 Å². The Hall–Kier alpha value is -3.03. The van der Waals surface area contributed by atoms with Gasteiger partial charge in [-0.15, -0.1) is 0 Å². The minimum atomic E-state index is -0.321. The number of H-pyrrole nitrogens is 1. The molecule has 0 saturated carbocycles. The topological polar surface area (TPSA) is 88.6 Å². The molecule has 8 heteroatoms. The molecule has 3 aromatic rings. The van der Waals surface area contributed by atoms with E-state index in [-0.39, 0.29) is 11.9 Å². The summed E-state index contributed by atoms with van der Waals surface area (Å²) in [4.78, 5) is 12.4. The molecule has 7 nitrogen and oxygen atoms in total. The number of benzene rings is 1. The van der Waals surface area contributed by atoms with E-state index in [9.17, 15) is 4.39 Å². The molecule has 2 heterocycles. The van der Waals surface area contributed by atoms with Crippen molar-refractivity contribution in [2.45, 2.75) is 13.0 Å². The number of hydrogen-bond donors (Lipinski definition) is 2. The molecule has 1 aromatic carbocycles. The number of aromatic amines is 1. The Balaban J connectivity index is 1.71. The fraction of sp³-hybridized carbons (Fsp3) is 0.143. The molecule has 2 N–H and O–H groups in total. The van der Waals surface area contributed by atoms with Crippen LogP contribution in [0.2, 0.25) is 0 Å². The van der Waals surface area contributed by atoms with Crippen LogP contribution >= 0.6 is 0 Å². The second-order valence-corrected chi connectivity index (χ2v) is 4.51. The molecule has 3 rings (SSSR count). The highest BCUT2D eigenvalue weighted by Gasteiger charge is 2.10. The van der Waals surface area contributed by atoms with Gasteiger partial charge in [-0.3, -0.25) is 5.10 Å². The first-order valence-electron chi connectivity index (χ1n) is 6.59. The van der Waals surface area contributed by atoms with Gasteiger partial charge in [-0.05, 0) is 31.2 Å². The maximum Gasteiger partial charge on any atom is 0.226 e. The maximum absolute atomic E-state index is 12.9. The van der Waals surface area contributed by atoms with Crippen molar-refractivity contribution < 1.29 is 9.13 Å². The van der Waals surface area contributed by atoms with Crippen molar-refractivity contribution in [1.29, 1.82) is 0 Å². The highest BCUT2D eigenvalue weighted by Crippen LogP contribution is 2.21. The molecular formula is C14H13FN6O. The number of aromatic nitrogens is 5. The number of hydrogen-bond acceptors (Lipinski definition) is 6. The van der Waals surface area contributed by atoms with Gasteiger partial charge in [0.05, 0.1) is 6.04 Å². The highest BCUT2D eigenvalue weighted by atomic mass is 19.1. The van der Waals surface area contributed by atoms with Crippen LogP contribution in [0.5, 0.6) is 11.6 Å². The summed E-state index contributed by atoms with van der Waals surface area (Å²) in [6, 6.07) is 7.18. The van der Waals surface area contributed by atoms with Crippen molar-refractivity contribution in [2.24, 2.45) is 0 Å². The smallest absolute Gasteiger partial charge is 0.226 e. The van der Waals surface area contributed by atoms with E-state index in [0.717, 1.165) is 0 Å². The zero-order chi connectivity index (χ0) is 15.4. The summed E-state index contributed by atoms with van der Waals surface area (Å²) in [6.45, 7) is 1.90. The fourth-order valence-corrected chi connectivity index (χ4v) is 1.78. The van der Waals surface area contributed by atoms with Gasteiger partial charge in [-0.25, -0.2) is 14.4 Å². The molecule has 0 aliphatic rings. The van der Waals surface area contributed by atoms with Crippen LogP contribution in [0, 0.1) is 5.82 Å². The van der Waals surface area contributed by atoms with Crippen molar-refractivity contribution in [3.8, 4) is 11.6 Å². The van der Waals surface area contributed by atoms with E-state index in [4.69, 9.17) is 4.74 Å². The molecule has 0 saturated heterocycles. The van der Waals surface area contributed by atoms with E-state index in [1.807, 2.05) is 6.92 Å². The van der Waals surface area contributed by atoms with Gasteiger partial charge in [0.25, 0.3) is 0 Å². The first-order valence-corrected chi connectivity index (χ1v) is 6.59. The summed E-state index contributed by atoms with van der Waals surface area (Å²) in [7, 11) is 0. The van der Waals surface area contributed by atoms with Crippen molar-refractivity contribution >= 4 is 5.95 Å². The maximum atomic E-state index is 12.9. The van der Waals surface area contributed by atoms with E-state index >= 15 is 0 Å². The number of halogens is 1. The summed E-state index contributed by atoms with van der Waals surface area (Å²) in [5, 5.41) is 9.65. The average Bonchev–Trinajstić information content (AvgIpc) is 3.04. The molecule has 0 radical (unpaired) electrons. The first kappa shape index (κ1) is 13.9. The molecule has 2 aromatic heterocycles. The summed E-state index contributed by atoms with van der Waals surface area (Å²) in [5.74, 6) is 1.60. The van der Waals surface area contributed by atoms with Gasteiger partial charge in [0, 0.05) is 12.3 Å². The second kappa shape index (κ2) is 6.17. The SMILES string of the molecule is CC(Nc1nccc(Oc2ccc(F)cc2)n1)c1ncn[nH]1. The predicted molar refractivity (Wildman–Crippen MR) is 76.9 cm³/mol. The summed E-state index contributed by atoms with van der Waals surface area (Å²) < 4.78 is 18.4. The summed E-state index contributed by atoms with van der Waals surface area (Å²) in [5.41, 5.74) is 0. The molecule has 112 valence electrons. The molecule has 1 unspecified atom stereocenters. The first-order chi connectivity index (χ1) is 10.7. The minimum absolute atomic E-state index is 0.136. The zero-order valence-corrected chi connectivity index (χ0v) is 11.7. The van der Waals surface area contributed by atoms with Gasteiger partial charge in [0.1, 0.15) is 23.7 Å². The van der Waals surface area contributed by atoms with Gasteiger partial charge in [0.15, 0.2) is 0 Å². The van der Waals surface area contributed by atoms with Crippen molar-refractivity contribution in [3.63, 3.8) is 0 Å². The third-order valence-corrected chi connectivity index (χ3v) is 2.86. The van der Waals surface area contributed by atoms with Crippen LogP contribution in [0.25, 0.3) is 0 Å². The fourth-order valence-electron chi connectivity index (χ4n) is 1.78. The monoisotopic (exact) mass is 300 g/mol. The zero-order valence-electron chi connectivity index (χ0n) is 11.7. The van der Waals surface area contributed by atoms with Gasteiger partial charge < -0.3 is 10.1 Å². The largest absolute Gasteiger partial charge is 0.439 e. The predicted octanol–water partition coefficient (Wildman–Crippen LogP) is 2.70. The molecule has 22 heavy (non-hydrogen) atoms. The Morgan fingerprint density at radius 3 is 2.73 bits per heavy atom. The number of anilines is 1.